The minimum absolute atomic E-state index is 0.0293. The summed E-state index contributed by atoms with van der Waals surface area (Å²) in [4.78, 5) is 38.8. The zero-order valence-electron chi connectivity index (χ0n) is 20.9. The van der Waals surface area contributed by atoms with E-state index in [1.165, 1.54) is 19.1 Å². The van der Waals surface area contributed by atoms with E-state index in [1.54, 1.807) is 41.2 Å². The number of anilines is 3. The number of nitrogen functional groups attached to an aromatic ring is 1. The lowest BCUT2D eigenvalue weighted by atomic mass is 10.1. The molecule has 0 atom stereocenters. The van der Waals surface area contributed by atoms with Crippen molar-refractivity contribution in [3.8, 4) is 11.1 Å². The van der Waals surface area contributed by atoms with Crippen molar-refractivity contribution >= 4 is 57.9 Å². The van der Waals surface area contributed by atoms with E-state index in [4.69, 9.17) is 28.9 Å². The average molecular weight is 570 g/mol. The molecule has 0 unspecified atom stereocenters. The number of nitrogens with zero attached hydrogens (tertiary/aromatic N) is 4. The van der Waals surface area contributed by atoms with Crippen LogP contribution in [0.2, 0.25) is 10.0 Å². The molecule has 0 saturated heterocycles. The van der Waals surface area contributed by atoms with E-state index in [9.17, 15) is 19.7 Å². The molecule has 0 aliphatic heterocycles. The molecule has 3 heterocycles. The number of ketones is 1. The van der Waals surface area contributed by atoms with Crippen LogP contribution in [0.3, 0.4) is 0 Å². The van der Waals surface area contributed by atoms with Crippen molar-refractivity contribution in [2.45, 2.75) is 26.4 Å². The number of aryl methyl sites for hydroxylation is 1. The summed E-state index contributed by atoms with van der Waals surface area (Å²) in [6.45, 7) is 2.61. The molecule has 4 aromatic rings. The van der Waals surface area contributed by atoms with Gasteiger partial charge in [-0.15, -0.1) is 0 Å². The quantitative estimate of drug-likeness (QED) is 0.0934. The number of pyridine rings is 1. The van der Waals surface area contributed by atoms with Crippen LogP contribution < -0.4 is 16.4 Å². The van der Waals surface area contributed by atoms with Crippen LogP contribution in [0, 0.1) is 10.1 Å². The van der Waals surface area contributed by atoms with E-state index in [0.717, 1.165) is 5.56 Å². The molecular weight excluding hydrogens is 545 g/mol. The Kier molecular flexibility index (Phi) is 8.52. The Morgan fingerprint density at radius 3 is 2.54 bits per heavy atom. The first-order valence-corrected chi connectivity index (χ1v) is 12.6. The first-order chi connectivity index (χ1) is 18.6. The topological polar surface area (TPSA) is 150 Å². The second-order valence-corrected chi connectivity index (χ2v) is 9.61. The van der Waals surface area contributed by atoms with Crippen molar-refractivity contribution in [1.29, 1.82) is 0 Å². The van der Waals surface area contributed by atoms with Gasteiger partial charge in [0.25, 0.3) is 0 Å². The van der Waals surface area contributed by atoms with Gasteiger partial charge in [0.15, 0.2) is 5.78 Å². The van der Waals surface area contributed by atoms with Crippen molar-refractivity contribution < 1.29 is 14.5 Å². The molecule has 0 spiro atoms. The van der Waals surface area contributed by atoms with Crippen LogP contribution in [0.4, 0.5) is 23.0 Å². The van der Waals surface area contributed by atoms with Gasteiger partial charge in [-0.2, -0.15) is 0 Å². The zero-order valence-corrected chi connectivity index (χ0v) is 22.4. The number of carbonyl (C=O) groups excluding carboxylic acids is 2. The van der Waals surface area contributed by atoms with E-state index in [2.05, 4.69) is 15.6 Å². The monoisotopic (exact) mass is 569 g/mol. The largest absolute Gasteiger partial charge is 0.378 e. The Bertz CT molecular complexity index is 1550. The molecular formula is C26H25Cl2N7O4. The molecule has 4 rings (SSSR count). The summed E-state index contributed by atoms with van der Waals surface area (Å²) in [6, 6.07) is 9.63. The van der Waals surface area contributed by atoms with Gasteiger partial charge in [-0.1, -0.05) is 29.3 Å². The van der Waals surface area contributed by atoms with Gasteiger partial charge in [-0.3, -0.25) is 19.7 Å². The van der Waals surface area contributed by atoms with E-state index >= 15 is 0 Å². The van der Waals surface area contributed by atoms with Crippen molar-refractivity contribution in [2.75, 3.05) is 22.9 Å². The fourth-order valence-electron chi connectivity index (χ4n) is 3.96. The maximum Gasteiger partial charge on any atom is 0.311 e. The SMILES string of the molecule is CC(=O)c1ccn(CC(=O)Nc2cn(CCCNc3ccc([N+](=O)[O-])c(N)n3)cc2-c2ccc(Cl)cc2Cl)c1. The summed E-state index contributed by atoms with van der Waals surface area (Å²) in [5.74, 6) is -0.0654. The lowest BCUT2D eigenvalue weighted by Crippen LogP contribution is -2.18. The number of nitrogens with one attached hydrogen (secondary N) is 2. The molecule has 0 aliphatic rings. The molecule has 0 aliphatic carbocycles. The lowest BCUT2D eigenvalue weighted by molar-refractivity contribution is -0.384. The van der Waals surface area contributed by atoms with Gasteiger partial charge in [0.2, 0.25) is 11.7 Å². The number of nitrogens with two attached hydrogens (primary N) is 1. The maximum absolute atomic E-state index is 12.9. The zero-order chi connectivity index (χ0) is 28.1. The van der Waals surface area contributed by atoms with Crippen LogP contribution in [0.25, 0.3) is 11.1 Å². The third-order valence-corrected chi connectivity index (χ3v) is 6.40. The second-order valence-electron chi connectivity index (χ2n) is 8.76. The Balaban J connectivity index is 1.46. The highest BCUT2D eigenvalue weighted by Gasteiger charge is 2.16. The Hall–Kier alpha value is -4.35. The van der Waals surface area contributed by atoms with E-state index in [1.807, 2.05) is 17.0 Å². The van der Waals surface area contributed by atoms with Crippen molar-refractivity contribution in [3.63, 3.8) is 0 Å². The van der Waals surface area contributed by atoms with Gasteiger partial charge in [-0.05, 0) is 37.6 Å². The fraction of sp³-hybridized carbons (Fsp3) is 0.192. The van der Waals surface area contributed by atoms with Crippen molar-refractivity contribution in [2.24, 2.45) is 0 Å². The molecule has 1 aromatic carbocycles. The molecule has 13 heteroatoms. The standard InChI is InChI=1S/C26H25Cl2N7O4/c1-16(36)17-7-10-34(12-17)15-25(37)31-22-14-33(13-20(22)19-4-3-18(27)11-21(19)28)9-2-8-30-24-6-5-23(35(38)39)26(29)32-24/h3-7,10-14H,2,8-9,15H2,1H3,(H,31,37)(H3,29,30,32). The fourth-order valence-corrected chi connectivity index (χ4v) is 4.47. The summed E-state index contributed by atoms with van der Waals surface area (Å²) < 4.78 is 3.57. The molecule has 1 amide bonds. The van der Waals surface area contributed by atoms with Gasteiger partial charge in [-0.25, -0.2) is 4.98 Å². The minimum Gasteiger partial charge on any atom is -0.378 e. The van der Waals surface area contributed by atoms with E-state index in [0.29, 0.717) is 52.2 Å². The summed E-state index contributed by atoms with van der Waals surface area (Å²) >= 11 is 12.5. The van der Waals surface area contributed by atoms with Gasteiger partial charge in [0, 0.05) is 65.7 Å². The number of halogens is 2. The Labute approximate surface area is 233 Å². The maximum atomic E-state index is 12.9. The van der Waals surface area contributed by atoms with Gasteiger partial charge in [0.05, 0.1) is 15.6 Å². The van der Waals surface area contributed by atoms with E-state index in [-0.39, 0.29) is 29.7 Å². The van der Waals surface area contributed by atoms with Crippen LogP contribution in [0.1, 0.15) is 23.7 Å². The van der Waals surface area contributed by atoms with Crippen molar-refractivity contribution in [3.05, 3.63) is 86.9 Å². The molecule has 11 nitrogen and oxygen atoms in total. The molecule has 202 valence electrons. The van der Waals surface area contributed by atoms with Crippen LogP contribution in [-0.4, -0.2) is 37.3 Å². The number of benzene rings is 1. The van der Waals surface area contributed by atoms with Crippen LogP contribution in [0.15, 0.2) is 61.2 Å². The second kappa shape index (κ2) is 12.0. The molecule has 0 radical (unpaired) electrons. The minimum atomic E-state index is -0.582. The number of rotatable bonds is 11. The average Bonchev–Trinajstić information content (AvgIpc) is 3.49. The highest BCUT2D eigenvalue weighted by atomic mass is 35.5. The number of nitro groups is 1. The summed E-state index contributed by atoms with van der Waals surface area (Å²) in [5.41, 5.74) is 7.94. The number of hydrogen-bond donors (Lipinski definition) is 3. The third-order valence-electron chi connectivity index (χ3n) is 5.86. The first kappa shape index (κ1) is 27.7. The summed E-state index contributed by atoms with van der Waals surface area (Å²) in [7, 11) is 0. The molecule has 0 bridgehead atoms. The molecule has 0 saturated carbocycles. The summed E-state index contributed by atoms with van der Waals surface area (Å²) in [5, 5.41) is 17.9. The third kappa shape index (κ3) is 6.95. The number of amides is 1. The smallest absolute Gasteiger partial charge is 0.311 e. The number of carbonyl (C=O) groups is 2. The van der Waals surface area contributed by atoms with Crippen LogP contribution in [0.5, 0.6) is 0 Å². The van der Waals surface area contributed by atoms with Crippen molar-refractivity contribution in [1.82, 2.24) is 14.1 Å². The summed E-state index contributed by atoms with van der Waals surface area (Å²) in [6.07, 6.45) is 7.68. The predicted molar refractivity (Wildman–Crippen MR) is 151 cm³/mol. The molecule has 39 heavy (non-hydrogen) atoms. The predicted octanol–water partition coefficient (Wildman–Crippen LogP) is 5.49. The number of Topliss-reactive ketones (excluding diaryl/α,β-unsaturated/α-hetero) is 1. The first-order valence-electron chi connectivity index (χ1n) is 11.9. The number of aromatic nitrogens is 3. The van der Waals surface area contributed by atoms with Gasteiger partial charge >= 0.3 is 5.69 Å². The van der Waals surface area contributed by atoms with Gasteiger partial charge in [0.1, 0.15) is 12.4 Å². The normalized spacial score (nSPS) is 10.8. The van der Waals surface area contributed by atoms with E-state index < -0.39 is 4.92 Å². The van der Waals surface area contributed by atoms with Crippen LogP contribution >= 0.6 is 23.2 Å². The highest BCUT2D eigenvalue weighted by Crippen LogP contribution is 2.36. The Morgan fingerprint density at radius 1 is 1.08 bits per heavy atom. The lowest BCUT2D eigenvalue weighted by Gasteiger charge is -2.09. The Morgan fingerprint density at radius 2 is 1.87 bits per heavy atom. The molecule has 4 N–H and O–H groups in total. The van der Waals surface area contributed by atoms with Crippen LogP contribution in [-0.2, 0) is 17.9 Å². The molecule has 3 aromatic heterocycles. The highest BCUT2D eigenvalue weighted by molar-refractivity contribution is 6.36. The molecule has 0 fully saturated rings. The number of hydrogen-bond acceptors (Lipinski definition) is 7. The van der Waals surface area contributed by atoms with Gasteiger partial charge < -0.3 is 25.5 Å².